The summed E-state index contributed by atoms with van der Waals surface area (Å²) in [5.74, 6) is 0. The fourth-order valence-corrected chi connectivity index (χ4v) is 1.03. The Balaban J connectivity index is 0.000000146. The van der Waals surface area contributed by atoms with Gasteiger partial charge in [0.05, 0.1) is 18.8 Å². The fraction of sp³-hybridized carbons (Fsp3) is 1.00. The summed E-state index contributed by atoms with van der Waals surface area (Å²) in [7, 11) is 0. The Morgan fingerprint density at radius 1 is 1.29 bits per heavy atom. The van der Waals surface area contributed by atoms with E-state index in [9.17, 15) is 0 Å². The number of rotatable bonds is 3. The lowest BCUT2D eigenvalue weighted by molar-refractivity contribution is -0.0436. The first-order valence-corrected chi connectivity index (χ1v) is 4.81. The number of ether oxygens (including phenoxy) is 2. The second kappa shape index (κ2) is 6.62. The first-order chi connectivity index (χ1) is 6.86. The van der Waals surface area contributed by atoms with Crippen molar-refractivity contribution in [1.29, 1.82) is 0 Å². The van der Waals surface area contributed by atoms with E-state index in [2.05, 4.69) is 10.0 Å². The van der Waals surface area contributed by atoms with Gasteiger partial charge < -0.3 is 15.2 Å². The van der Waals surface area contributed by atoms with Gasteiger partial charge in [0.1, 0.15) is 0 Å². The van der Waals surface area contributed by atoms with E-state index in [0.29, 0.717) is 19.2 Å². The number of hydrogen-bond donors (Lipinski definition) is 1. The molecule has 0 radical (unpaired) electrons. The van der Waals surface area contributed by atoms with Crippen molar-refractivity contribution in [3.05, 3.63) is 10.4 Å². The van der Waals surface area contributed by atoms with Crippen LogP contribution in [0.4, 0.5) is 0 Å². The van der Waals surface area contributed by atoms with Gasteiger partial charge in [-0.05, 0) is 18.4 Å². The van der Waals surface area contributed by atoms with E-state index in [0.717, 1.165) is 26.1 Å². The van der Waals surface area contributed by atoms with Crippen molar-refractivity contribution in [3.63, 3.8) is 0 Å². The molecule has 2 heterocycles. The van der Waals surface area contributed by atoms with Crippen LogP contribution in [0.2, 0.25) is 0 Å². The summed E-state index contributed by atoms with van der Waals surface area (Å²) in [5.41, 5.74) is 13.0. The minimum absolute atomic E-state index is 0.214. The molecule has 0 aromatic carbocycles. The van der Waals surface area contributed by atoms with Crippen LogP contribution in [0.15, 0.2) is 5.11 Å². The third kappa shape index (κ3) is 3.93. The molecule has 6 nitrogen and oxygen atoms in total. The molecule has 2 saturated heterocycles. The van der Waals surface area contributed by atoms with Crippen molar-refractivity contribution in [2.75, 3.05) is 26.3 Å². The summed E-state index contributed by atoms with van der Waals surface area (Å²) < 4.78 is 9.92. The maximum absolute atomic E-state index is 7.84. The molecule has 80 valence electrons. The molecule has 0 amide bonds. The van der Waals surface area contributed by atoms with Gasteiger partial charge in [-0.3, -0.25) is 0 Å². The predicted octanol–water partition coefficient (Wildman–Crippen LogP) is 0.820. The molecule has 2 fully saturated rings. The Kier molecular flexibility index (Phi) is 5.32. The minimum atomic E-state index is 0.214. The van der Waals surface area contributed by atoms with Crippen LogP contribution < -0.4 is 5.73 Å². The van der Waals surface area contributed by atoms with E-state index in [1.165, 1.54) is 0 Å². The number of azide groups is 1. The third-order valence-electron chi connectivity index (χ3n) is 2.20. The molecule has 0 bridgehead atoms. The zero-order valence-corrected chi connectivity index (χ0v) is 8.13. The van der Waals surface area contributed by atoms with Gasteiger partial charge in [-0.1, -0.05) is 5.11 Å². The molecular weight excluding hydrogens is 184 g/mol. The van der Waals surface area contributed by atoms with Gasteiger partial charge in [0, 0.05) is 24.7 Å². The average molecular weight is 200 g/mol. The van der Waals surface area contributed by atoms with Crippen molar-refractivity contribution >= 4 is 0 Å². The maximum Gasteiger partial charge on any atom is 0.0719 e. The van der Waals surface area contributed by atoms with Gasteiger partial charge in [-0.25, -0.2) is 0 Å². The molecule has 6 heteroatoms. The van der Waals surface area contributed by atoms with Crippen LogP contribution in [0.5, 0.6) is 0 Å². The summed E-state index contributed by atoms with van der Waals surface area (Å²) in [6.45, 7) is 2.93. The molecule has 14 heavy (non-hydrogen) atoms. The summed E-state index contributed by atoms with van der Waals surface area (Å²) in [4.78, 5) is 2.60. The van der Waals surface area contributed by atoms with Crippen molar-refractivity contribution in [2.24, 2.45) is 10.8 Å². The van der Waals surface area contributed by atoms with E-state index in [-0.39, 0.29) is 6.10 Å². The van der Waals surface area contributed by atoms with Gasteiger partial charge in [0.15, 0.2) is 0 Å². The highest BCUT2D eigenvalue weighted by Gasteiger charge is 2.15. The molecule has 0 aromatic rings. The van der Waals surface area contributed by atoms with E-state index in [1.807, 2.05) is 0 Å². The highest BCUT2D eigenvalue weighted by atomic mass is 16.5. The smallest absolute Gasteiger partial charge is 0.0719 e. The van der Waals surface area contributed by atoms with Crippen LogP contribution in [0.3, 0.4) is 0 Å². The molecular formula is C8H16N4O2. The molecule has 2 atom stereocenters. The summed E-state index contributed by atoms with van der Waals surface area (Å²) in [5, 5.41) is 3.35. The zero-order chi connectivity index (χ0) is 10.2. The molecule has 0 aliphatic carbocycles. The van der Waals surface area contributed by atoms with E-state index in [1.54, 1.807) is 0 Å². The second-order valence-corrected chi connectivity index (χ2v) is 3.21. The van der Waals surface area contributed by atoms with Gasteiger partial charge in [0.2, 0.25) is 0 Å². The quantitative estimate of drug-likeness (QED) is 0.415. The predicted molar refractivity (Wildman–Crippen MR) is 51.8 cm³/mol. The zero-order valence-electron chi connectivity index (χ0n) is 8.13. The molecule has 0 aromatic heterocycles. The average Bonchev–Trinajstić information content (AvgIpc) is 2.01. The van der Waals surface area contributed by atoms with Crippen LogP contribution in [0.1, 0.15) is 12.8 Å². The van der Waals surface area contributed by atoms with Gasteiger partial charge in [-0.15, -0.1) is 0 Å². The Labute approximate surface area is 83.0 Å². The molecule has 0 saturated carbocycles. The Morgan fingerprint density at radius 3 is 2.07 bits per heavy atom. The van der Waals surface area contributed by atoms with Gasteiger partial charge >= 0.3 is 0 Å². The van der Waals surface area contributed by atoms with Crippen LogP contribution >= 0.6 is 0 Å². The van der Waals surface area contributed by atoms with E-state index in [4.69, 9.17) is 20.7 Å². The minimum Gasteiger partial charge on any atom is -0.378 e. The van der Waals surface area contributed by atoms with Gasteiger partial charge in [-0.2, -0.15) is 0 Å². The number of hydrogen-bond acceptors (Lipinski definition) is 4. The maximum atomic E-state index is 7.84. The molecule has 2 rings (SSSR count). The summed E-state index contributed by atoms with van der Waals surface area (Å²) in [6.07, 6.45) is 2.81. The Hall–Kier alpha value is -0.810. The van der Waals surface area contributed by atoms with E-state index >= 15 is 0 Å². The highest BCUT2D eigenvalue weighted by molar-refractivity contribution is 4.68. The monoisotopic (exact) mass is 200 g/mol. The summed E-state index contributed by atoms with van der Waals surface area (Å²) >= 11 is 0. The lowest BCUT2D eigenvalue weighted by Crippen LogP contribution is -2.33. The standard InChI is InChI=1S/C4H7N3O.C4H9NO/c5-7-6-3-4-1-2-8-4;5-3-4-1-2-6-4/h4H,1-3H2;4H,1-3,5H2/t2*4-/m00/s1. The normalized spacial score (nSPS) is 28.6. The highest BCUT2D eigenvalue weighted by Crippen LogP contribution is 2.10. The van der Waals surface area contributed by atoms with Crippen LogP contribution in [-0.2, 0) is 9.47 Å². The number of nitrogens with zero attached hydrogens (tertiary/aromatic N) is 3. The lowest BCUT2D eigenvalue weighted by atomic mass is 10.2. The Bertz CT molecular complexity index is 195. The van der Waals surface area contributed by atoms with Crippen LogP contribution in [0, 0.1) is 0 Å². The van der Waals surface area contributed by atoms with E-state index < -0.39 is 0 Å². The Morgan fingerprint density at radius 2 is 1.86 bits per heavy atom. The lowest BCUT2D eigenvalue weighted by Gasteiger charge is -2.24. The number of nitrogens with two attached hydrogens (primary N) is 1. The first kappa shape index (κ1) is 11.3. The molecule has 2 aliphatic rings. The van der Waals surface area contributed by atoms with Crippen molar-refractivity contribution in [3.8, 4) is 0 Å². The van der Waals surface area contributed by atoms with Crippen molar-refractivity contribution < 1.29 is 9.47 Å². The summed E-state index contributed by atoms with van der Waals surface area (Å²) in [6, 6.07) is 0. The van der Waals surface area contributed by atoms with Crippen LogP contribution in [0.25, 0.3) is 10.4 Å². The van der Waals surface area contributed by atoms with Crippen molar-refractivity contribution in [1.82, 2.24) is 0 Å². The first-order valence-electron chi connectivity index (χ1n) is 4.81. The van der Waals surface area contributed by atoms with Crippen molar-refractivity contribution in [2.45, 2.75) is 25.0 Å². The van der Waals surface area contributed by atoms with Gasteiger partial charge in [0.25, 0.3) is 0 Å². The second-order valence-electron chi connectivity index (χ2n) is 3.21. The molecule has 2 aliphatic heterocycles. The largest absolute Gasteiger partial charge is 0.378 e. The van der Waals surface area contributed by atoms with Crippen LogP contribution in [-0.4, -0.2) is 38.5 Å². The topological polar surface area (TPSA) is 93.2 Å². The third-order valence-corrected chi connectivity index (χ3v) is 2.20. The molecule has 0 unspecified atom stereocenters. The molecule has 2 N–H and O–H groups in total. The SMILES string of the molecule is NC[C@@H]1CCO1.[N-]=[N+]=NC[C@@H]1CCO1. The molecule has 0 spiro atoms. The fourth-order valence-electron chi connectivity index (χ4n) is 1.03.